The molecule has 0 aliphatic rings. The number of carbonyl (C=O) groups is 1. The van der Waals surface area contributed by atoms with E-state index in [0.717, 1.165) is 11.5 Å². The summed E-state index contributed by atoms with van der Waals surface area (Å²) in [6, 6.07) is 13.8. The van der Waals surface area contributed by atoms with Crippen LogP contribution in [0.1, 0.15) is 34.7 Å². The van der Waals surface area contributed by atoms with E-state index in [1.807, 2.05) is 41.9 Å². The zero-order chi connectivity index (χ0) is 17.1. The Morgan fingerprint density at radius 2 is 1.88 bits per heavy atom. The van der Waals surface area contributed by atoms with Crippen LogP contribution in [0.3, 0.4) is 0 Å². The second-order valence-electron chi connectivity index (χ2n) is 5.77. The Morgan fingerprint density at radius 3 is 2.54 bits per heavy atom. The van der Waals surface area contributed by atoms with E-state index in [4.69, 9.17) is 0 Å². The zero-order valence-corrected chi connectivity index (χ0v) is 14.0. The Morgan fingerprint density at radius 1 is 1.12 bits per heavy atom. The molecule has 0 radical (unpaired) electrons. The number of hydrogen-bond acceptors (Lipinski definition) is 3. The van der Waals surface area contributed by atoms with Gasteiger partial charge in [0.2, 0.25) is 0 Å². The van der Waals surface area contributed by atoms with E-state index < -0.39 is 0 Å². The van der Waals surface area contributed by atoms with Crippen molar-refractivity contribution in [2.75, 3.05) is 11.9 Å². The Bertz CT molecular complexity index is 827. The maximum Gasteiger partial charge on any atom is 0.276 e. The number of rotatable bonds is 4. The molecule has 1 unspecified atom stereocenters. The number of pyridine rings is 1. The molecule has 1 aromatic carbocycles. The first-order chi connectivity index (χ1) is 11.6. The summed E-state index contributed by atoms with van der Waals surface area (Å²) in [4.78, 5) is 22.9. The van der Waals surface area contributed by atoms with Gasteiger partial charge in [0, 0.05) is 26.2 Å². The largest absolute Gasteiger partial charge is 0.327 e. The highest BCUT2D eigenvalue weighted by Gasteiger charge is 2.22. The summed E-state index contributed by atoms with van der Waals surface area (Å²) in [6.45, 7) is 2.09. The highest BCUT2D eigenvalue weighted by atomic mass is 16.2. The molecule has 0 saturated carbocycles. The lowest BCUT2D eigenvalue weighted by Gasteiger charge is -2.18. The second kappa shape index (κ2) is 6.66. The van der Waals surface area contributed by atoms with Crippen LogP contribution in [0.15, 0.2) is 61.1 Å². The molecule has 3 aromatic rings. The minimum atomic E-state index is -0.107. The first kappa shape index (κ1) is 15.9. The minimum Gasteiger partial charge on any atom is -0.327 e. The molecule has 3 rings (SSSR count). The molecule has 0 aliphatic carbocycles. The smallest absolute Gasteiger partial charge is 0.276 e. The van der Waals surface area contributed by atoms with Gasteiger partial charge < -0.3 is 9.47 Å². The molecule has 1 amide bonds. The van der Waals surface area contributed by atoms with Gasteiger partial charge in [0.05, 0.1) is 18.1 Å². The molecule has 0 aliphatic heterocycles. The Hall–Kier alpha value is -2.95. The van der Waals surface area contributed by atoms with Gasteiger partial charge in [-0.25, -0.2) is 4.98 Å². The van der Waals surface area contributed by atoms with Crippen LogP contribution in [0.25, 0.3) is 0 Å². The van der Waals surface area contributed by atoms with Gasteiger partial charge in [-0.3, -0.25) is 9.78 Å². The summed E-state index contributed by atoms with van der Waals surface area (Å²) in [5.74, 6) is 0.870. The normalized spacial score (nSPS) is 12.0. The summed E-state index contributed by atoms with van der Waals surface area (Å²) >= 11 is 0. The van der Waals surface area contributed by atoms with E-state index in [9.17, 15) is 4.79 Å². The molecule has 122 valence electrons. The lowest BCUT2D eigenvalue weighted by atomic mass is 10.0. The average Bonchev–Trinajstić information content (AvgIpc) is 3.02. The number of benzene rings is 1. The molecule has 2 aromatic heterocycles. The van der Waals surface area contributed by atoms with Crippen molar-refractivity contribution in [3.05, 3.63) is 78.1 Å². The number of carbonyl (C=O) groups excluding carboxylic acids is 1. The molecular weight excluding hydrogens is 300 g/mol. The third-order valence-electron chi connectivity index (χ3n) is 4.27. The SMILES string of the molecule is CC(c1ccccc1)c1ncc(C(=O)N(C)c2cccnc2)n1C. The molecule has 0 bridgehead atoms. The maximum atomic E-state index is 12.8. The van der Waals surface area contributed by atoms with Crippen LogP contribution < -0.4 is 4.90 Å². The van der Waals surface area contributed by atoms with E-state index in [-0.39, 0.29) is 11.8 Å². The van der Waals surface area contributed by atoms with Crippen LogP contribution in [0.4, 0.5) is 5.69 Å². The van der Waals surface area contributed by atoms with Crippen molar-refractivity contribution in [1.29, 1.82) is 0 Å². The molecular formula is C19H20N4O. The maximum absolute atomic E-state index is 12.8. The predicted molar refractivity (Wildman–Crippen MR) is 94.1 cm³/mol. The molecule has 5 heteroatoms. The van der Waals surface area contributed by atoms with Gasteiger partial charge in [-0.05, 0) is 17.7 Å². The van der Waals surface area contributed by atoms with E-state index in [2.05, 4.69) is 29.0 Å². The third-order valence-corrected chi connectivity index (χ3v) is 4.27. The first-order valence-corrected chi connectivity index (χ1v) is 7.84. The van der Waals surface area contributed by atoms with Crippen LogP contribution >= 0.6 is 0 Å². The van der Waals surface area contributed by atoms with Crippen molar-refractivity contribution >= 4 is 11.6 Å². The fraction of sp³-hybridized carbons (Fsp3) is 0.211. The average molecular weight is 320 g/mol. The molecule has 0 fully saturated rings. The number of hydrogen-bond donors (Lipinski definition) is 0. The van der Waals surface area contributed by atoms with Gasteiger partial charge in [0.25, 0.3) is 5.91 Å². The molecule has 0 spiro atoms. The van der Waals surface area contributed by atoms with Crippen LogP contribution in [-0.4, -0.2) is 27.5 Å². The highest BCUT2D eigenvalue weighted by molar-refractivity contribution is 6.04. The third kappa shape index (κ3) is 2.93. The standard InChI is InChI=1S/C19H20N4O/c1-14(15-8-5-4-6-9-15)18-21-13-17(23(18)3)19(24)22(2)16-10-7-11-20-12-16/h4-14H,1-3H3. The van der Waals surface area contributed by atoms with Crippen LogP contribution in [0, 0.1) is 0 Å². The van der Waals surface area contributed by atoms with E-state index in [1.165, 1.54) is 5.56 Å². The van der Waals surface area contributed by atoms with Gasteiger partial charge in [0.15, 0.2) is 0 Å². The van der Waals surface area contributed by atoms with Crippen LogP contribution in [-0.2, 0) is 7.05 Å². The number of aromatic nitrogens is 3. The highest BCUT2D eigenvalue weighted by Crippen LogP contribution is 2.24. The lowest BCUT2D eigenvalue weighted by molar-refractivity contribution is 0.0985. The molecule has 0 saturated heterocycles. The van der Waals surface area contributed by atoms with E-state index in [1.54, 1.807) is 30.5 Å². The van der Waals surface area contributed by atoms with Crippen molar-refractivity contribution in [1.82, 2.24) is 14.5 Å². The Kier molecular flexibility index (Phi) is 4.42. The Labute approximate surface area is 141 Å². The van der Waals surface area contributed by atoms with Crippen molar-refractivity contribution in [3.63, 3.8) is 0 Å². The topological polar surface area (TPSA) is 51.0 Å². The number of anilines is 1. The monoisotopic (exact) mass is 320 g/mol. The molecule has 1 atom stereocenters. The summed E-state index contributed by atoms with van der Waals surface area (Å²) in [7, 11) is 3.62. The molecule has 24 heavy (non-hydrogen) atoms. The van der Waals surface area contributed by atoms with Gasteiger partial charge in [0.1, 0.15) is 11.5 Å². The fourth-order valence-electron chi connectivity index (χ4n) is 2.76. The van der Waals surface area contributed by atoms with Gasteiger partial charge >= 0.3 is 0 Å². The predicted octanol–water partition coefficient (Wildman–Crippen LogP) is 3.24. The lowest BCUT2D eigenvalue weighted by Crippen LogP contribution is -2.28. The summed E-state index contributed by atoms with van der Waals surface area (Å²) in [5.41, 5.74) is 2.48. The quantitative estimate of drug-likeness (QED) is 0.741. The van der Waals surface area contributed by atoms with Crippen LogP contribution in [0.2, 0.25) is 0 Å². The second-order valence-corrected chi connectivity index (χ2v) is 5.77. The van der Waals surface area contributed by atoms with Crippen molar-refractivity contribution in [2.45, 2.75) is 12.8 Å². The van der Waals surface area contributed by atoms with Crippen molar-refractivity contribution < 1.29 is 4.79 Å². The minimum absolute atomic E-state index is 0.107. The van der Waals surface area contributed by atoms with Crippen molar-refractivity contribution in [3.8, 4) is 0 Å². The van der Waals surface area contributed by atoms with Crippen molar-refractivity contribution in [2.24, 2.45) is 7.05 Å². The fourth-order valence-corrected chi connectivity index (χ4v) is 2.76. The first-order valence-electron chi connectivity index (χ1n) is 7.84. The number of nitrogens with zero attached hydrogens (tertiary/aromatic N) is 4. The summed E-state index contributed by atoms with van der Waals surface area (Å²) in [6.07, 6.45) is 5.00. The van der Waals surface area contributed by atoms with E-state index >= 15 is 0 Å². The van der Waals surface area contributed by atoms with Gasteiger partial charge in [-0.1, -0.05) is 37.3 Å². The number of imidazole rings is 1. The molecule has 5 nitrogen and oxygen atoms in total. The molecule has 0 N–H and O–H groups in total. The van der Waals surface area contributed by atoms with E-state index in [0.29, 0.717) is 5.69 Å². The number of amides is 1. The molecule has 2 heterocycles. The Balaban J connectivity index is 1.89. The zero-order valence-electron chi connectivity index (χ0n) is 14.0. The van der Waals surface area contributed by atoms with Gasteiger partial charge in [-0.2, -0.15) is 0 Å². The summed E-state index contributed by atoms with van der Waals surface area (Å²) in [5, 5.41) is 0. The summed E-state index contributed by atoms with van der Waals surface area (Å²) < 4.78 is 1.87. The van der Waals surface area contributed by atoms with Gasteiger partial charge in [-0.15, -0.1) is 0 Å². The van der Waals surface area contributed by atoms with Crippen LogP contribution in [0.5, 0.6) is 0 Å².